The number of hydrogen-bond acceptors (Lipinski definition) is 5. The standard InChI is InChI=1S/C63H106O5/c1-4-7-10-13-16-19-22-25-27-29-31-33-35-37-40-43-46-49-52-55-58-66-59-61(68-63(65)57-54-51-48-45-42-38-24-21-18-15-12-9-6-3)60-67-62(64)56-53-50-47-44-41-39-36-34-32-30-28-26-23-20-17-14-11-8-5-2/h7,10,12,15-17,19-21,24-28,31-34,61H,4-6,8-9,11,13-14,18,22-23,29-30,35-60H2,1-3H3/b10-7-,15-12-,19-16-,20-17-,24-21-,27-25-,28-26-,33-31-,34-32-. The number of rotatable bonds is 51. The van der Waals surface area contributed by atoms with E-state index < -0.39 is 6.10 Å². The van der Waals surface area contributed by atoms with E-state index in [-0.39, 0.29) is 25.2 Å². The molecule has 388 valence electrons. The SMILES string of the molecule is CC/C=C\C/C=C\C/C=C\C/C=C\CCCCCCCCCOCC(COC(=O)CCCCCCCC/C=C\C/C=C\C/C=C\CCCCC)OC(=O)CCCCCCC/C=C\C/C=C\CCC. The number of unbranched alkanes of at least 4 members (excludes halogenated alkanes) is 22. The van der Waals surface area contributed by atoms with Gasteiger partial charge >= 0.3 is 11.9 Å². The Morgan fingerprint density at radius 1 is 0.338 bits per heavy atom. The van der Waals surface area contributed by atoms with Crippen LogP contribution in [0.3, 0.4) is 0 Å². The van der Waals surface area contributed by atoms with Crippen LogP contribution in [0.4, 0.5) is 0 Å². The maximum Gasteiger partial charge on any atom is 0.306 e. The zero-order valence-electron chi connectivity index (χ0n) is 44.6. The molecule has 0 aliphatic rings. The second kappa shape index (κ2) is 57.9. The lowest BCUT2D eigenvalue weighted by Gasteiger charge is -2.18. The molecule has 1 unspecified atom stereocenters. The molecule has 0 fully saturated rings. The van der Waals surface area contributed by atoms with Crippen molar-refractivity contribution in [1.82, 2.24) is 0 Å². The van der Waals surface area contributed by atoms with E-state index in [4.69, 9.17) is 14.2 Å². The average molecular weight is 944 g/mol. The Bertz CT molecular complexity index is 1340. The summed E-state index contributed by atoms with van der Waals surface area (Å²) in [6.07, 6.45) is 79.6. The number of allylic oxidation sites excluding steroid dienone is 18. The quantitative estimate of drug-likeness (QED) is 0.0345. The van der Waals surface area contributed by atoms with Crippen LogP contribution in [0.5, 0.6) is 0 Å². The minimum Gasteiger partial charge on any atom is -0.462 e. The molecule has 0 bridgehead atoms. The first kappa shape index (κ1) is 64.6. The number of carbonyl (C=O) groups is 2. The third-order valence-corrected chi connectivity index (χ3v) is 11.7. The summed E-state index contributed by atoms with van der Waals surface area (Å²) in [6.45, 7) is 7.58. The lowest BCUT2D eigenvalue weighted by atomic mass is 10.1. The van der Waals surface area contributed by atoms with E-state index in [0.29, 0.717) is 19.4 Å². The maximum absolute atomic E-state index is 12.8. The molecular weight excluding hydrogens is 837 g/mol. The first-order valence-electron chi connectivity index (χ1n) is 28.4. The fraction of sp³-hybridized carbons (Fsp3) is 0.683. The normalized spacial score (nSPS) is 13.0. The van der Waals surface area contributed by atoms with Gasteiger partial charge in [-0.3, -0.25) is 9.59 Å². The van der Waals surface area contributed by atoms with E-state index in [9.17, 15) is 9.59 Å². The Balaban J connectivity index is 4.33. The lowest BCUT2D eigenvalue weighted by molar-refractivity contribution is -0.163. The van der Waals surface area contributed by atoms with Gasteiger partial charge in [-0.1, -0.05) is 226 Å². The average Bonchev–Trinajstić information content (AvgIpc) is 3.34. The second-order valence-electron chi connectivity index (χ2n) is 18.4. The zero-order valence-corrected chi connectivity index (χ0v) is 44.6. The minimum absolute atomic E-state index is 0.0624. The largest absolute Gasteiger partial charge is 0.462 e. The predicted octanol–water partition coefficient (Wildman–Crippen LogP) is 19.6. The van der Waals surface area contributed by atoms with Crippen LogP contribution in [0.25, 0.3) is 0 Å². The summed E-state index contributed by atoms with van der Waals surface area (Å²) in [4.78, 5) is 25.5. The lowest BCUT2D eigenvalue weighted by Crippen LogP contribution is -2.30. The molecule has 0 aliphatic carbocycles. The van der Waals surface area contributed by atoms with Crippen LogP contribution in [0, 0.1) is 0 Å². The Kier molecular flexibility index (Phi) is 54.9. The number of carbonyl (C=O) groups excluding carboxylic acids is 2. The van der Waals surface area contributed by atoms with Gasteiger partial charge in [-0.25, -0.2) is 0 Å². The molecule has 5 nitrogen and oxygen atoms in total. The van der Waals surface area contributed by atoms with Gasteiger partial charge in [0.05, 0.1) is 6.61 Å². The minimum atomic E-state index is -0.562. The van der Waals surface area contributed by atoms with Crippen molar-refractivity contribution >= 4 is 11.9 Å². The molecule has 0 heterocycles. The molecule has 0 aromatic heterocycles. The van der Waals surface area contributed by atoms with Crippen LogP contribution in [0.1, 0.15) is 252 Å². The van der Waals surface area contributed by atoms with Crippen LogP contribution in [0.15, 0.2) is 109 Å². The third-order valence-electron chi connectivity index (χ3n) is 11.7. The molecule has 68 heavy (non-hydrogen) atoms. The van der Waals surface area contributed by atoms with E-state index in [2.05, 4.69) is 130 Å². The Hall–Kier alpha value is -3.44. The highest BCUT2D eigenvalue weighted by molar-refractivity contribution is 5.70. The molecular formula is C63H106O5. The van der Waals surface area contributed by atoms with Crippen LogP contribution in [-0.2, 0) is 23.8 Å². The molecule has 0 aromatic rings. The fourth-order valence-corrected chi connectivity index (χ4v) is 7.55. The smallest absolute Gasteiger partial charge is 0.306 e. The first-order valence-corrected chi connectivity index (χ1v) is 28.4. The second-order valence-corrected chi connectivity index (χ2v) is 18.4. The molecule has 0 spiro atoms. The Morgan fingerprint density at radius 2 is 0.691 bits per heavy atom. The summed E-state index contributed by atoms with van der Waals surface area (Å²) in [5, 5.41) is 0. The molecule has 0 rings (SSSR count). The highest BCUT2D eigenvalue weighted by Gasteiger charge is 2.17. The number of hydrogen-bond donors (Lipinski definition) is 0. The molecule has 0 aliphatic heterocycles. The summed E-state index contributed by atoms with van der Waals surface area (Å²) in [7, 11) is 0. The van der Waals surface area contributed by atoms with Crippen molar-refractivity contribution in [3.05, 3.63) is 109 Å². The van der Waals surface area contributed by atoms with Crippen molar-refractivity contribution in [2.75, 3.05) is 19.8 Å². The highest BCUT2D eigenvalue weighted by atomic mass is 16.6. The fourth-order valence-electron chi connectivity index (χ4n) is 7.55. The van der Waals surface area contributed by atoms with E-state index in [1.54, 1.807) is 0 Å². The van der Waals surface area contributed by atoms with Crippen molar-refractivity contribution in [1.29, 1.82) is 0 Å². The van der Waals surface area contributed by atoms with Crippen molar-refractivity contribution in [2.24, 2.45) is 0 Å². The monoisotopic (exact) mass is 943 g/mol. The van der Waals surface area contributed by atoms with Crippen molar-refractivity contribution in [3.63, 3.8) is 0 Å². The van der Waals surface area contributed by atoms with Crippen molar-refractivity contribution in [3.8, 4) is 0 Å². The van der Waals surface area contributed by atoms with Crippen LogP contribution in [-0.4, -0.2) is 37.9 Å². The zero-order chi connectivity index (χ0) is 49.2. The molecule has 0 saturated heterocycles. The summed E-state index contributed by atoms with van der Waals surface area (Å²) >= 11 is 0. The van der Waals surface area contributed by atoms with E-state index >= 15 is 0 Å². The van der Waals surface area contributed by atoms with E-state index in [1.807, 2.05) is 0 Å². The van der Waals surface area contributed by atoms with Crippen LogP contribution in [0.2, 0.25) is 0 Å². The number of ether oxygens (including phenoxy) is 3. The Morgan fingerprint density at radius 3 is 1.12 bits per heavy atom. The van der Waals surface area contributed by atoms with Gasteiger partial charge in [0.2, 0.25) is 0 Å². The molecule has 0 amide bonds. The molecule has 0 aromatic carbocycles. The van der Waals surface area contributed by atoms with Gasteiger partial charge in [0.15, 0.2) is 6.10 Å². The summed E-state index contributed by atoms with van der Waals surface area (Å²) in [6, 6.07) is 0. The topological polar surface area (TPSA) is 61.8 Å². The van der Waals surface area contributed by atoms with E-state index in [0.717, 1.165) is 122 Å². The highest BCUT2D eigenvalue weighted by Crippen LogP contribution is 2.13. The molecule has 0 N–H and O–H groups in total. The summed E-state index contributed by atoms with van der Waals surface area (Å²) in [5.41, 5.74) is 0. The van der Waals surface area contributed by atoms with Gasteiger partial charge in [-0.15, -0.1) is 0 Å². The van der Waals surface area contributed by atoms with Crippen molar-refractivity contribution in [2.45, 2.75) is 258 Å². The van der Waals surface area contributed by atoms with Gasteiger partial charge in [0, 0.05) is 19.4 Å². The van der Waals surface area contributed by atoms with Crippen molar-refractivity contribution < 1.29 is 23.8 Å². The Labute approximate surface area is 421 Å². The summed E-state index contributed by atoms with van der Waals surface area (Å²) in [5.74, 6) is -0.436. The first-order chi connectivity index (χ1) is 33.6. The molecule has 0 saturated carbocycles. The molecule has 0 radical (unpaired) electrons. The van der Waals surface area contributed by atoms with Gasteiger partial charge in [0.1, 0.15) is 6.61 Å². The molecule has 5 heteroatoms. The van der Waals surface area contributed by atoms with Gasteiger partial charge < -0.3 is 14.2 Å². The van der Waals surface area contributed by atoms with Gasteiger partial charge in [0.25, 0.3) is 0 Å². The van der Waals surface area contributed by atoms with Crippen LogP contribution >= 0.6 is 0 Å². The van der Waals surface area contributed by atoms with Crippen LogP contribution < -0.4 is 0 Å². The summed E-state index contributed by atoms with van der Waals surface area (Å²) < 4.78 is 17.4. The van der Waals surface area contributed by atoms with Gasteiger partial charge in [-0.05, 0) is 122 Å². The predicted molar refractivity (Wildman–Crippen MR) is 297 cm³/mol. The molecule has 1 atom stereocenters. The van der Waals surface area contributed by atoms with Gasteiger partial charge in [-0.2, -0.15) is 0 Å². The third kappa shape index (κ3) is 55.2. The number of esters is 2. The maximum atomic E-state index is 12.8. The van der Waals surface area contributed by atoms with E-state index in [1.165, 1.54) is 96.3 Å².